The van der Waals surface area contributed by atoms with Gasteiger partial charge in [-0.15, -0.1) is 11.8 Å². The maximum Gasteiger partial charge on any atom is 0.326 e. The number of aryl methyl sites for hydroxylation is 3. The number of hydrogen-bond acceptors (Lipinski definition) is 4. The lowest BCUT2D eigenvalue weighted by molar-refractivity contribution is 0.102. The lowest BCUT2D eigenvalue weighted by Gasteiger charge is -2.30. The summed E-state index contributed by atoms with van der Waals surface area (Å²) in [5.41, 5.74) is 6.80. The Morgan fingerprint density at radius 3 is 2.56 bits per heavy atom. The highest BCUT2D eigenvalue weighted by Crippen LogP contribution is 2.36. The van der Waals surface area contributed by atoms with Crippen LogP contribution in [0.2, 0.25) is 0 Å². The van der Waals surface area contributed by atoms with E-state index in [1.807, 2.05) is 52.0 Å². The normalized spacial score (nSPS) is 12.8. The van der Waals surface area contributed by atoms with E-state index in [1.165, 1.54) is 0 Å². The van der Waals surface area contributed by atoms with E-state index in [1.54, 1.807) is 40.9 Å². The second-order valence-corrected chi connectivity index (χ2v) is 9.03. The third-order valence-electron chi connectivity index (χ3n) is 5.58. The van der Waals surface area contributed by atoms with Crippen LogP contribution in [0.4, 0.5) is 21.9 Å². The van der Waals surface area contributed by atoms with E-state index < -0.39 is 0 Å². The zero-order valence-electron chi connectivity index (χ0n) is 18.7. The molecule has 0 aliphatic carbocycles. The summed E-state index contributed by atoms with van der Waals surface area (Å²) in [6.45, 7) is 8.55. The third-order valence-corrected chi connectivity index (χ3v) is 6.52. The van der Waals surface area contributed by atoms with Crippen molar-refractivity contribution in [3.05, 3.63) is 76.5 Å². The molecule has 0 bridgehead atoms. The number of amides is 3. The molecule has 164 valence electrons. The minimum atomic E-state index is -0.229. The zero-order valence-corrected chi connectivity index (χ0v) is 19.5. The van der Waals surface area contributed by atoms with Crippen LogP contribution in [0.1, 0.15) is 32.7 Å². The molecule has 6 nitrogen and oxygen atoms in total. The number of hydrogen-bond donors (Lipinski definition) is 2. The Balaban J connectivity index is 1.52. The van der Waals surface area contributed by atoms with E-state index in [0.29, 0.717) is 17.8 Å². The number of benzene rings is 2. The topological polar surface area (TPSA) is 74.3 Å². The molecule has 3 amide bonds. The molecule has 4 rings (SSSR count). The Kier molecular flexibility index (Phi) is 6.19. The van der Waals surface area contributed by atoms with Gasteiger partial charge in [0.05, 0.1) is 5.69 Å². The minimum Gasteiger partial charge on any atom is -0.322 e. The van der Waals surface area contributed by atoms with Crippen molar-refractivity contribution in [1.82, 2.24) is 4.98 Å². The highest BCUT2D eigenvalue weighted by Gasteiger charge is 2.26. The van der Waals surface area contributed by atoms with E-state index in [0.717, 1.165) is 44.5 Å². The number of fused-ring (bicyclic) bond motifs is 1. The lowest BCUT2D eigenvalue weighted by Crippen LogP contribution is -2.39. The molecule has 0 saturated carbocycles. The smallest absolute Gasteiger partial charge is 0.322 e. The first-order chi connectivity index (χ1) is 15.3. The van der Waals surface area contributed by atoms with Crippen LogP contribution in [0.5, 0.6) is 0 Å². The summed E-state index contributed by atoms with van der Waals surface area (Å²) in [7, 11) is 0. The molecule has 32 heavy (non-hydrogen) atoms. The summed E-state index contributed by atoms with van der Waals surface area (Å²) in [6, 6.07) is 14.6. The molecule has 0 unspecified atom stereocenters. The summed E-state index contributed by atoms with van der Waals surface area (Å²) in [5, 5.41) is 6.79. The van der Waals surface area contributed by atoms with Gasteiger partial charge in [0.2, 0.25) is 0 Å². The van der Waals surface area contributed by atoms with Crippen molar-refractivity contribution in [1.29, 1.82) is 0 Å². The molecule has 1 aliphatic rings. The summed E-state index contributed by atoms with van der Waals surface area (Å²) < 4.78 is 0. The fourth-order valence-corrected chi connectivity index (χ4v) is 4.87. The molecule has 1 aliphatic heterocycles. The first-order valence-corrected chi connectivity index (χ1v) is 11.5. The van der Waals surface area contributed by atoms with Gasteiger partial charge in [-0.05, 0) is 74.7 Å². The monoisotopic (exact) mass is 446 g/mol. The van der Waals surface area contributed by atoms with Gasteiger partial charge in [-0.25, -0.2) is 9.78 Å². The molecule has 0 atom stereocenters. The molecule has 3 aromatic rings. The fraction of sp³-hybridized carbons (Fsp3) is 0.240. The molecule has 0 saturated heterocycles. The summed E-state index contributed by atoms with van der Waals surface area (Å²) in [4.78, 5) is 32.2. The molecule has 2 heterocycles. The van der Waals surface area contributed by atoms with Crippen molar-refractivity contribution in [2.75, 3.05) is 27.8 Å². The Labute approximate surface area is 192 Å². The van der Waals surface area contributed by atoms with Crippen molar-refractivity contribution < 1.29 is 9.59 Å². The van der Waals surface area contributed by atoms with E-state index >= 15 is 0 Å². The van der Waals surface area contributed by atoms with Crippen LogP contribution in [0.3, 0.4) is 0 Å². The van der Waals surface area contributed by atoms with Crippen LogP contribution in [0, 0.1) is 27.7 Å². The van der Waals surface area contributed by atoms with Crippen LogP contribution in [-0.4, -0.2) is 29.2 Å². The molecule has 1 aromatic heterocycles. The number of carbonyl (C=O) groups is 2. The maximum atomic E-state index is 13.1. The van der Waals surface area contributed by atoms with Gasteiger partial charge in [0.25, 0.3) is 5.91 Å². The predicted octanol–water partition coefficient (Wildman–Crippen LogP) is 5.71. The number of thioether (sulfide) groups is 1. The number of carbonyl (C=O) groups excluding carboxylic acids is 2. The highest BCUT2D eigenvalue weighted by atomic mass is 32.2. The maximum absolute atomic E-state index is 13.1. The second kappa shape index (κ2) is 9.04. The average molecular weight is 447 g/mol. The van der Waals surface area contributed by atoms with Gasteiger partial charge in [-0.3, -0.25) is 9.69 Å². The Bertz CT molecular complexity index is 1210. The number of anilines is 3. The molecular formula is C25H26N4O2S. The predicted molar refractivity (Wildman–Crippen MR) is 131 cm³/mol. The number of pyridine rings is 1. The Morgan fingerprint density at radius 2 is 1.75 bits per heavy atom. The second-order valence-electron chi connectivity index (χ2n) is 7.95. The molecular weight excluding hydrogens is 420 g/mol. The van der Waals surface area contributed by atoms with E-state index in [-0.39, 0.29) is 11.9 Å². The molecule has 0 fully saturated rings. The third kappa shape index (κ3) is 4.48. The van der Waals surface area contributed by atoms with Crippen LogP contribution in [0.25, 0.3) is 0 Å². The molecule has 2 N–H and O–H groups in total. The van der Waals surface area contributed by atoms with Crippen molar-refractivity contribution in [3.8, 4) is 0 Å². The number of nitrogens with one attached hydrogen (secondary N) is 2. The van der Waals surface area contributed by atoms with Gasteiger partial charge < -0.3 is 10.6 Å². The van der Waals surface area contributed by atoms with Crippen LogP contribution >= 0.6 is 11.8 Å². The Morgan fingerprint density at radius 1 is 0.969 bits per heavy atom. The van der Waals surface area contributed by atoms with E-state index in [2.05, 4.69) is 15.6 Å². The standard InChI is InChI=1S/C25H26N4O2S/c1-15-7-5-10-21(18(15)4)28-23(30)19-8-6-9-20(14-19)27-25(31)29-11-12-32-24-22(29)16(2)13-17(3)26-24/h5-10,13-14H,11-12H2,1-4H3,(H,27,31)(H,28,30). The minimum absolute atomic E-state index is 0.218. The van der Waals surface area contributed by atoms with Crippen molar-refractivity contribution in [2.45, 2.75) is 32.7 Å². The zero-order chi connectivity index (χ0) is 22.8. The van der Waals surface area contributed by atoms with E-state index in [4.69, 9.17) is 0 Å². The number of nitrogens with zero attached hydrogens (tertiary/aromatic N) is 2. The Hall–Kier alpha value is -3.32. The van der Waals surface area contributed by atoms with Crippen molar-refractivity contribution >= 4 is 40.8 Å². The van der Waals surface area contributed by atoms with Gasteiger partial charge in [-0.2, -0.15) is 0 Å². The van der Waals surface area contributed by atoms with Gasteiger partial charge >= 0.3 is 6.03 Å². The number of urea groups is 1. The largest absolute Gasteiger partial charge is 0.326 e. The molecule has 2 aromatic carbocycles. The SMILES string of the molecule is Cc1cc(C)c2c(n1)SCCN2C(=O)Nc1cccc(C(=O)Nc2cccc(C)c2C)c1. The quantitative estimate of drug-likeness (QED) is 0.540. The summed E-state index contributed by atoms with van der Waals surface area (Å²) in [6.07, 6.45) is 0. The molecule has 0 spiro atoms. The van der Waals surface area contributed by atoms with Crippen LogP contribution < -0.4 is 15.5 Å². The van der Waals surface area contributed by atoms with Gasteiger partial charge in [0.1, 0.15) is 5.03 Å². The van der Waals surface area contributed by atoms with Crippen molar-refractivity contribution in [2.24, 2.45) is 0 Å². The van der Waals surface area contributed by atoms with E-state index in [9.17, 15) is 9.59 Å². The van der Waals surface area contributed by atoms with Crippen LogP contribution in [0.15, 0.2) is 53.6 Å². The average Bonchev–Trinajstić information content (AvgIpc) is 2.76. The van der Waals surface area contributed by atoms with Gasteiger partial charge in [0, 0.05) is 34.9 Å². The van der Waals surface area contributed by atoms with Crippen molar-refractivity contribution in [3.63, 3.8) is 0 Å². The van der Waals surface area contributed by atoms with Gasteiger partial charge in [-0.1, -0.05) is 18.2 Å². The lowest BCUT2D eigenvalue weighted by atomic mass is 10.1. The number of aromatic nitrogens is 1. The first-order valence-electron chi connectivity index (χ1n) is 10.5. The van der Waals surface area contributed by atoms with Crippen LogP contribution in [-0.2, 0) is 0 Å². The summed E-state index contributed by atoms with van der Waals surface area (Å²) >= 11 is 1.67. The number of rotatable bonds is 3. The first kappa shape index (κ1) is 21.9. The van der Waals surface area contributed by atoms with Gasteiger partial charge in [0.15, 0.2) is 0 Å². The molecule has 7 heteroatoms. The highest BCUT2D eigenvalue weighted by molar-refractivity contribution is 7.99. The molecule has 0 radical (unpaired) electrons. The summed E-state index contributed by atoms with van der Waals surface area (Å²) in [5.74, 6) is 0.569. The fourth-order valence-electron chi connectivity index (χ4n) is 3.78.